The van der Waals surface area contributed by atoms with Crippen molar-refractivity contribution >= 4 is 21.6 Å². The maximum atomic E-state index is 6.36. The number of benzene rings is 3. The van der Waals surface area contributed by atoms with Gasteiger partial charge in [-0.1, -0.05) is 42.5 Å². The summed E-state index contributed by atoms with van der Waals surface area (Å²) in [6, 6.07) is 20.0. The third-order valence-corrected chi connectivity index (χ3v) is 5.18. The van der Waals surface area contributed by atoms with Crippen molar-refractivity contribution in [1.29, 1.82) is 0 Å². The zero-order chi connectivity index (χ0) is 16.7. The molecule has 0 amide bonds. The predicted molar refractivity (Wildman–Crippen MR) is 99.5 cm³/mol. The molecule has 1 unspecified atom stereocenters. The van der Waals surface area contributed by atoms with Crippen LogP contribution in [-0.4, -0.2) is 7.11 Å². The molecule has 0 aromatic heterocycles. The van der Waals surface area contributed by atoms with Crippen LogP contribution in [0.1, 0.15) is 17.2 Å². The van der Waals surface area contributed by atoms with Crippen molar-refractivity contribution < 1.29 is 9.47 Å². The first-order chi connectivity index (χ1) is 11.7. The van der Waals surface area contributed by atoms with Gasteiger partial charge in [0.15, 0.2) is 6.10 Å². The van der Waals surface area contributed by atoms with Crippen LogP contribution in [-0.2, 0) is 0 Å². The number of anilines is 1. The van der Waals surface area contributed by atoms with Gasteiger partial charge in [-0.15, -0.1) is 0 Å². The van der Waals surface area contributed by atoms with Crippen molar-refractivity contribution in [3.63, 3.8) is 0 Å². The second-order valence-electron chi connectivity index (χ2n) is 5.67. The lowest BCUT2D eigenvalue weighted by Crippen LogP contribution is -2.17. The third-order valence-electron chi connectivity index (χ3n) is 4.30. The van der Waals surface area contributed by atoms with Gasteiger partial charge in [-0.2, -0.15) is 0 Å². The minimum atomic E-state index is -0.223. The molecule has 3 aromatic rings. The zero-order valence-corrected chi connectivity index (χ0v) is 14.7. The average Bonchev–Trinajstić information content (AvgIpc) is 2.64. The molecule has 0 bridgehead atoms. The van der Waals surface area contributed by atoms with Crippen molar-refractivity contribution in [1.82, 2.24) is 0 Å². The first-order valence-electron chi connectivity index (χ1n) is 7.67. The van der Waals surface area contributed by atoms with Gasteiger partial charge < -0.3 is 15.2 Å². The Balaban J connectivity index is 2.02. The van der Waals surface area contributed by atoms with Crippen LogP contribution in [0.2, 0.25) is 0 Å². The number of halogens is 1. The fourth-order valence-corrected chi connectivity index (χ4v) is 3.73. The van der Waals surface area contributed by atoms with E-state index in [-0.39, 0.29) is 6.10 Å². The highest BCUT2D eigenvalue weighted by molar-refractivity contribution is 9.10. The molecule has 0 radical (unpaired) electrons. The Morgan fingerprint density at radius 1 is 1.00 bits per heavy atom. The summed E-state index contributed by atoms with van der Waals surface area (Å²) in [7, 11) is 1.67. The smallest absolute Gasteiger partial charge is 0.151 e. The summed E-state index contributed by atoms with van der Waals surface area (Å²) in [6.07, 6.45) is -0.223. The highest BCUT2D eigenvalue weighted by Crippen LogP contribution is 2.51. The van der Waals surface area contributed by atoms with Gasteiger partial charge in [0.2, 0.25) is 0 Å². The van der Waals surface area contributed by atoms with Gasteiger partial charge in [0.25, 0.3) is 0 Å². The first-order valence-corrected chi connectivity index (χ1v) is 8.47. The van der Waals surface area contributed by atoms with Gasteiger partial charge in [0.05, 0.1) is 12.7 Å². The maximum absolute atomic E-state index is 6.36. The highest BCUT2D eigenvalue weighted by atomic mass is 79.9. The van der Waals surface area contributed by atoms with Crippen LogP contribution in [0.15, 0.2) is 65.1 Å². The molecule has 4 heteroatoms. The van der Waals surface area contributed by atoms with Crippen LogP contribution < -0.4 is 15.2 Å². The lowest BCUT2D eigenvalue weighted by Gasteiger charge is -2.31. The molecule has 3 aromatic carbocycles. The summed E-state index contributed by atoms with van der Waals surface area (Å²) in [6.45, 7) is 0. The van der Waals surface area contributed by atoms with E-state index < -0.39 is 0 Å². The number of nitrogen functional groups attached to an aromatic ring is 1. The second kappa shape index (κ2) is 5.87. The van der Waals surface area contributed by atoms with Crippen LogP contribution >= 0.6 is 15.9 Å². The van der Waals surface area contributed by atoms with Gasteiger partial charge >= 0.3 is 0 Å². The highest BCUT2D eigenvalue weighted by Gasteiger charge is 2.31. The summed E-state index contributed by atoms with van der Waals surface area (Å²) >= 11 is 3.66. The van der Waals surface area contributed by atoms with Crippen LogP contribution in [0.5, 0.6) is 11.5 Å². The molecule has 0 saturated carbocycles. The van der Waals surface area contributed by atoms with Crippen molar-refractivity contribution in [2.75, 3.05) is 12.8 Å². The number of hydrogen-bond donors (Lipinski definition) is 1. The van der Waals surface area contributed by atoms with Gasteiger partial charge in [-0.05, 0) is 45.3 Å². The largest absolute Gasteiger partial charge is 0.496 e. The second-order valence-corrected chi connectivity index (χ2v) is 6.46. The summed E-state index contributed by atoms with van der Waals surface area (Å²) in [4.78, 5) is 0. The molecule has 0 spiro atoms. The Morgan fingerprint density at radius 2 is 1.79 bits per heavy atom. The molecule has 2 N–H and O–H groups in total. The number of rotatable bonds is 2. The third kappa shape index (κ3) is 2.26. The molecule has 0 aliphatic carbocycles. The summed E-state index contributed by atoms with van der Waals surface area (Å²) in [5.74, 6) is 1.60. The van der Waals surface area contributed by atoms with Gasteiger partial charge in [0.1, 0.15) is 11.5 Å². The average molecular weight is 382 g/mol. The Bertz CT molecular complexity index is 909. The Kier molecular flexibility index (Phi) is 3.69. The molecule has 3 nitrogen and oxygen atoms in total. The maximum Gasteiger partial charge on any atom is 0.151 e. The Morgan fingerprint density at radius 3 is 2.54 bits per heavy atom. The van der Waals surface area contributed by atoms with Gasteiger partial charge in [-0.25, -0.2) is 0 Å². The molecule has 1 aliphatic rings. The van der Waals surface area contributed by atoms with Gasteiger partial charge in [-0.3, -0.25) is 0 Å². The van der Waals surface area contributed by atoms with Crippen molar-refractivity contribution in [3.05, 3.63) is 76.3 Å². The van der Waals surface area contributed by atoms with E-state index in [1.165, 1.54) is 0 Å². The van der Waals surface area contributed by atoms with E-state index in [1.54, 1.807) is 7.11 Å². The van der Waals surface area contributed by atoms with Crippen molar-refractivity contribution in [2.24, 2.45) is 0 Å². The minimum Gasteiger partial charge on any atom is -0.496 e. The van der Waals surface area contributed by atoms with E-state index in [2.05, 4.69) is 28.1 Å². The predicted octanol–water partition coefficient (Wildman–Crippen LogP) is 5.19. The zero-order valence-electron chi connectivity index (χ0n) is 13.1. The monoisotopic (exact) mass is 381 g/mol. The lowest BCUT2D eigenvalue weighted by molar-refractivity contribution is 0.241. The fourth-order valence-electron chi connectivity index (χ4n) is 3.18. The lowest BCUT2D eigenvalue weighted by atomic mass is 9.89. The van der Waals surface area contributed by atoms with E-state index in [0.717, 1.165) is 38.2 Å². The van der Waals surface area contributed by atoms with E-state index in [1.807, 2.05) is 48.5 Å². The molecule has 1 atom stereocenters. The fraction of sp³-hybridized carbons (Fsp3) is 0.100. The number of fused-ring (bicyclic) bond motifs is 3. The van der Waals surface area contributed by atoms with Crippen LogP contribution in [0, 0.1) is 0 Å². The van der Waals surface area contributed by atoms with E-state index in [0.29, 0.717) is 5.69 Å². The molecule has 1 aliphatic heterocycles. The topological polar surface area (TPSA) is 44.5 Å². The van der Waals surface area contributed by atoms with E-state index in [9.17, 15) is 0 Å². The van der Waals surface area contributed by atoms with Crippen LogP contribution in [0.4, 0.5) is 5.69 Å². The van der Waals surface area contributed by atoms with Gasteiger partial charge in [0, 0.05) is 15.7 Å². The first kappa shape index (κ1) is 15.1. The Labute approximate surface area is 149 Å². The number of hydrogen-bond acceptors (Lipinski definition) is 3. The van der Waals surface area contributed by atoms with Crippen molar-refractivity contribution in [3.8, 4) is 22.6 Å². The standard InChI is InChI=1S/C20H16BrNO2/c1-23-15-8-5-9-16-17(15)13-10-11-14(22)19(21)18(13)20(24-16)12-6-3-2-4-7-12/h2-11,20H,22H2,1H3. The van der Waals surface area contributed by atoms with Crippen molar-refractivity contribution in [2.45, 2.75) is 6.10 Å². The van der Waals surface area contributed by atoms with E-state index >= 15 is 0 Å². The molecular weight excluding hydrogens is 366 g/mol. The molecular formula is C20H16BrNO2. The minimum absolute atomic E-state index is 0.223. The number of nitrogens with two attached hydrogens (primary N) is 1. The molecule has 0 fully saturated rings. The summed E-state index contributed by atoms with van der Waals surface area (Å²) < 4.78 is 12.8. The Hall–Kier alpha value is -2.46. The quantitative estimate of drug-likeness (QED) is 0.621. The van der Waals surface area contributed by atoms with Crippen LogP contribution in [0.25, 0.3) is 11.1 Å². The summed E-state index contributed by atoms with van der Waals surface area (Å²) in [5, 5.41) is 0. The summed E-state index contributed by atoms with van der Waals surface area (Å²) in [5.41, 5.74) is 11.0. The molecule has 1 heterocycles. The van der Waals surface area contributed by atoms with Crippen LogP contribution in [0.3, 0.4) is 0 Å². The van der Waals surface area contributed by atoms with E-state index in [4.69, 9.17) is 15.2 Å². The molecule has 0 saturated heterocycles. The SMILES string of the molecule is COc1cccc2c1-c1ccc(N)c(Br)c1C(c1ccccc1)O2. The molecule has 24 heavy (non-hydrogen) atoms. The molecule has 120 valence electrons. The number of methoxy groups -OCH3 is 1. The molecule has 4 rings (SSSR count). The normalized spacial score (nSPS) is 15.2. The number of ether oxygens (including phenoxy) is 2.